The second-order valence-electron chi connectivity index (χ2n) is 18.5. The van der Waals surface area contributed by atoms with Crippen LogP contribution in [0.3, 0.4) is 0 Å². The van der Waals surface area contributed by atoms with Crippen molar-refractivity contribution in [3.8, 4) is 44.5 Å². The maximum atomic E-state index is 2.48. The molecule has 0 aliphatic heterocycles. The Hall–Kier alpha value is -8.52. The first-order chi connectivity index (χ1) is 33.6. The zero-order valence-corrected chi connectivity index (χ0v) is 37.9. The first kappa shape index (κ1) is 39.8. The number of hydrogen-bond donors (Lipinski definition) is 0. The summed E-state index contributed by atoms with van der Waals surface area (Å²) in [6, 6.07) is 98.9. The van der Waals surface area contributed by atoms with Crippen LogP contribution in [-0.4, -0.2) is 0 Å². The molecule has 68 heavy (non-hydrogen) atoms. The topological polar surface area (TPSA) is 3.24 Å². The molecule has 2 aliphatic carbocycles. The summed E-state index contributed by atoms with van der Waals surface area (Å²) in [6.45, 7) is 2.39. The van der Waals surface area contributed by atoms with Crippen molar-refractivity contribution in [1.82, 2.24) is 0 Å². The summed E-state index contributed by atoms with van der Waals surface area (Å²) >= 11 is 0. The fourth-order valence-corrected chi connectivity index (χ4v) is 11.8. The molecule has 0 aromatic heterocycles. The average molecular weight is 866 g/mol. The van der Waals surface area contributed by atoms with Gasteiger partial charge in [-0.1, -0.05) is 224 Å². The summed E-state index contributed by atoms with van der Waals surface area (Å²) < 4.78 is 0. The van der Waals surface area contributed by atoms with Crippen molar-refractivity contribution in [2.24, 2.45) is 0 Å². The van der Waals surface area contributed by atoms with Crippen LogP contribution in [-0.2, 0) is 10.8 Å². The van der Waals surface area contributed by atoms with E-state index >= 15 is 0 Å². The lowest BCUT2D eigenvalue weighted by Crippen LogP contribution is -2.28. The molecule has 0 fully saturated rings. The van der Waals surface area contributed by atoms with Gasteiger partial charge in [-0.15, -0.1) is 0 Å². The Morgan fingerprint density at radius 2 is 0.750 bits per heavy atom. The lowest BCUT2D eigenvalue weighted by Gasteiger charge is -2.34. The molecule has 1 atom stereocenters. The van der Waals surface area contributed by atoms with Crippen LogP contribution in [0.25, 0.3) is 55.3 Å². The summed E-state index contributed by atoms with van der Waals surface area (Å²) in [6.07, 6.45) is 0. The van der Waals surface area contributed by atoms with Gasteiger partial charge in [0.2, 0.25) is 0 Å². The van der Waals surface area contributed by atoms with Crippen LogP contribution in [0.2, 0.25) is 0 Å². The van der Waals surface area contributed by atoms with Gasteiger partial charge in [-0.25, -0.2) is 0 Å². The van der Waals surface area contributed by atoms with E-state index in [1.165, 1.54) is 88.7 Å². The smallest absolute Gasteiger partial charge is 0.0713 e. The maximum Gasteiger partial charge on any atom is 0.0713 e. The third-order valence-corrected chi connectivity index (χ3v) is 15.0. The lowest BCUT2D eigenvalue weighted by atomic mass is 9.67. The van der Waals surface area contributed by atoms with Gasteiger partial charge in [0.25, 0.3) is 0 Å². The summed E-state index contributed by atoms with van der Waals surface area (Å²) in [4.78, 5) is 2.45. The van der Waals surface area contributed by atoms with Crippen LogP contribution in [0.1, 0.15) is 45.9 Å². The molecule has 1 nitrogen and oxygen atoms in total. The van der Waals surface area contributed by atoms with Crippen molar-refractivity contribution in [3.63, 3.8) is 0 Å². The highest BCUT2D eigenvalue weighted by Crippen LogP contribution is 2.58. The van der Waals surface area contributed by atoms with Gasteiger partial charge in [-0.05, 0) is 138 Å². The largest absolute Gasteiger partial charge is 0.310 e. The minimum Gasteiger partial charge on any atom is -0.310 e. The molecule has 0 heterocycles. The Morgan fingerprint density at radius 3 is 1.44 bits per heavy atom. The van der Waals surface area contributed by atoms with Crippen molar-refractivity contribution >= 4 is 27.8 Å². The minimum absolute atomic E-state index is 0.262. The van der Waals surface area contributed by atoms with Crippen LogP contribution >= 0.6 is 0 Å². The predicted molar refractivity (Wildman–Crippen MR) is 284 cm³/mol. The van der Waals surface area contributed by atoms with E-state index in [0.29, 0.717) is 0 Å². The normalized spacial score (nSPS) is 15.0. The van der Waals surface area contributed by atoms with Gasteiger partial charge in [0.1, 0.15) is 0 Å². The van der Waals surface area contributed by atoms with E-state index < -0.39 is 5.41 Å². The van der Waals surface area contributed by atoms with E-state index in [1.54, 1.807) is 0 Å². The van der Waals surface area contributed by atoms with E-state index in [-0.39, 0.29) is 5.41 Å². The number of anilines is 3. The average Bonchev–Trinajstić information content (AvgIpc) is 3.86. The number of para-hydroxylation sites is 1. The first-order valence-corrected chi connectivity index (χ1v) is 23.7. The van der Waals surface area contributed by atoms with E-state index in [9.17, 15) is 0 Å². The molecular formula is C67H47N. The van der Waals surface area contributed by atoms with E-state index in [4.69, 9.17) is 0 Å². The minimum atomic E-state index is -0.494. The third kappa shape index (κ3) is 6.02. The van der Waals surface area contributed by atoms with Gasteiger partial charge >= 0.3 is 0 Å². The molecule has 0 saturated heterocycles. The fourth-order valence-electron chi connectivity index (χ4n) is 11.8. The lowest BCUT2D eigenvalue weighted by molar-refractivity contribution is 0.714. The Labute approximate surface area is 398 Å². The van der Waals surface area contributed by atoms with Crippen molar-refractivity contribution in [2.45, 2.75) is 17.8 Å². The number of fused-ring (bicyclic) bond motifs is 7. The molecule has 0 amide bonds. The number of rotatable bonds is 8. The molecule has 0 spiro atoms. The monoisotopic (exact) mass is 865 g/mol. The summed E-state index contributed by atoms with van der Waals surface area (Å²) in [7, 11) is 0. The predicted octanol–water partition coefficient (Wildman–Crippen LogP) is 17.3. The van der Waals surface area contributed by atoms with E-state index in [2.05, 4.69) is 279 Å². The SMILES string of the molecule is CC1(c2ccccc2)c2ccccc2-c2ccc(-c3ccc(N(c4ccc5ccccc5c4)c4ccccc4-c4ccc5c(c4)C(c4ccccc4)(c4ccccc4)c4ccccc4-5)cc3)cc21. The highest BCUT2D eigenvalue weighted by molar-refractivity contribution is 5.95. The van der Waals surface area contributed by atoms with Crippen LogP contribution in [0.5, 0.6) is 0 Å². The fraction of sp³-hybridized carbons (Fsp3) is 0.0448. The number of nitrogens with zero attached hydrogens (tertiary/aromatic N) is 1. The Bertz CT molecular complexity index is 3640. The molecule has 0 saturated carbocycles. The van der Waals surface area contributed by atoms with Crippen LogP contribution < -0.4 is 4.90 Å². The number of hydrogen-bond acceptors (Lipinski definition) is 1. The molecule has 0 bridgehead atoms. The van der Waals surface area contributed by atoms with E-state index in [1.807, 2.05) is 0 Å². The maximum absolute atomic E-state index is 2.48. The first-order valence-electron chi connectivity index (χ1n) is 23.7. The summed E-state index contributed by atoms with van der Waals surface area (Å²) in [5.41, 5.74) is 21.6. The van der Waals surface area contributed by atoms with Gasteiger partial charge in [-0.2, -0.15) is 0 Å². The molecule has 0 radical (unpaired) electrons. The Balaban J connectivity index is 0.962. The molecule has 320 valence electrons. The molecule has 1 heteroatoms. The van der Waals surface area contributed by atoms with Crippen LogP contribution in [0.4, 0.5) is 17.1 Å². The highest BCUT2D eigenvalue weighted by Gasteiger charge is 2.46. The second-order valence-corrected chi connectivity index (χ2v) is 18.5. The molecule has 13 rings (SSSR count). The third-order valence-electron chi connectivity index (χ3n) is 15.0. The van der Waals surface area contributed by atoms with Gasteiger partial charge in [0, 0.05) is 22.4 Å². The Morgan fingerprint density at radius 1 is 0.279 bits per heavy atom. The van der Waals surface area contributed by atoms with Crippen LogP contribution in [0, 0.1) is 0 Å². The molecular weight excluding hydrogens is 819 g/mol. The second kappa shape index (κ2) is 15.8. The Kier molecular flexibility index (Phi) is 9.27. The highest BCUT2D eigenvalue weighted by atomic mass is 15.1. The van der Waals surface area contributed by atoms with Gasteiger partial charge in [0.05, 0.1) is 11.1 Å². The van der Waals surface area contributed by atoms with Gasteiger partial charge < -0.3 is 4.90 Å². The summed E-state index contributed by atoms with van der Waals surface area (Å²) in [5.74, 6) is 0. The molecule has 2 aliphatic rings. The molecule has 0 N–H and O–H groups in total. The van der Waals surface area contributed by atoms with Crippen LogP contribution in [0.15, 0.2) is 267 Å². The quantitative estimate of drug-likeness (QED) is 0.147. The summed E-state index contributed by atoms with van der Waals surface area (Å²) in [5, 5.41) is 2.42. The molecule has 11 aromatic carbocycles. The van der Waals surface area contributed by atoms with E-state index in [0.717, 1.165) is 22.6 Å². The van der Waals surface area contributed by atoms with Crippen molar-refractivity contribution in [2.75, 3.05) is 4.90 Å². The van der Waals surface area contributed by atoms with Crippen molar-refractivity contribution < 1.29 is 0 Å². The van der Waals surface area contributed by atoms with Crippen molar-refractivity contribution in [1.29, 1.82) is 0 Å². The van der Waals surface area contributed by atoms with Crippen molar-refractivity contribution in [3.05, 3.63) is 306 Å². The molecule has 11 aromatic rings. The van der Waals surface area contributed by atoms with Gasteiger partial charge in [-0.3, -0.25) is 0 Å². The standard InChI is InChI=1S/C67H47N/c1-66(51-21-5-2-6-22-51)61-30-16-13-28-57(61)59-41-36-49(44-63(59)66)47-33-38-54(39-34-47)68(55-40-35-46-19-11-12-20-48(46)43-55)65-32-18-15-27-56(65)50-37-42-60-58-29-14-17-31-62(58)67(64(60)45-50,52-23-7-3-8-24-52)53-25-9-4-10-26-53/h2-45H,1H3. The zero-order chi connectivity index (χ0) is 45.2. The van der Waals surface area contributed by atoms with Gasteiger partial charge in [0.15, 0.2) is 0 Å². The molecule has 1 unspecified atom stereocenters. The number of benzene rings is 11. The zero-order valence-electron chi connectivity index (χ0n) is 37.9.